The topological polar surface area (TPSA) is 86.7 Å². The van der Waals surface area contributed by atoms with E-state index in [1.807, 2.05) is 65.8 Å². The van der Waals surface area contributed by atoms with Gasteiger partial charge in [0.05, 0.1) is 0 Å². The number of halogens is 2. The summed E-state index contributed by atoms with van der Waals surface area (Å²) in [6.45, 7) is 12.2. The van der Waals surface area contributed by atoms with Crippen molar-refractivity contribution in [2.24, 2.45) is 17.8 Å². The van der Waals surface area contributed by atoms with E-state index < -0.39 is 37.3 Å². The van der Waals surface area contributed by atoms with E-state index in [2.05, 4.69) is 0 Å². The maximum absolute atomic E-state index is 16.2. The lowest BCUT2D eigenvalue weighted by molar-refractivity contribution is -0.201. The van der Waals surface area contributed by atoms with Gasteiger partial charge in [0.15, 0.2) is 0 Å². The van der Waals surface area contributed by atoms with E-state index in [-0.39, 0.29) is 47.2 Å². The van der Waals surface area contributed by atoms with E-state index in [0.717, 1.165) is 11.1 Å². The molecule has 0 saturated heterocycles. The van der Waals surface area contributed by atoms with Gasteiger partial charge in [0.2, 0.25) is 0 Å². The molecule has 3 aromatic rings. The van der Waals surface area contributed by atoms with Crippen LogP contribution in [0.1, 0.15) is 84.8 Å². The van der Waals surface area contributed by atoms with Crippen LogP contribution in [0.5, 0.6) is 0 Å². The second-order valence-electron chi connectivity index (χ2n) is 15.8. The molecule has 10 heteroatoms. The molecule has 258 valence electrons. The maximum atomic E-state index is 16.2. The number of rotatable bonds is 8. The smallest absolute Gasteiger partial charge is 0.454 e. The van der Waals surface area contributed by atoms with Crippen molar-refractivity contribution in [2.45, 2.75) is 110 Å². The van der Waals surface area contributed by atoms with E-state index in [9.17, 15) is 18.0 Å². The minimum atomic E-state index is -5.97. The minimum absolute atomic E-state index is 0.0804. The van der Waals surface area contributed by atoms with Crippen LogP contribution in [0.2, 0.25) is 0 Å². The Balaban J connectivity index is 1.45. The highest BCUT2D eigenvalue weighted by Gasteiger charge is 2.63. The summed E-state index contributed by atoms with van der Waals surface area (Å²) in [6.07, 6.45) is 1.92. The van der Waals surface area contributed by atoms with Crippen LogP contribution in [0.25, 0.3) is 0 Å². The summed E-state index contributed by atoms with van der Waals surface area (Å²) in [5.74, 6) is -2.70. The average molecular weight is 699 g/mol. The number of carbonyl (C=O) groups excluding carboxylic acids is 2. The lowest BCUT2D eigenvalue weighted by Gasteiger charge is -2.54. The Morgan fingerprint density at radius 1 is 0.708 bits per heavy atom. The van der Waals surface area contributed by atoms with Gasteiger partial charge in [0.1, 0.15) is 11.4 Å². The van der Waals surface area contributed by atoms with Crippen LogP contribution < -0.4 is 0 Å². The van der Waals surface area contributed by atoms with Crippen molar-refractivity contribution in [3.63, 3.8) is 0 Å². The van der Waals surface area contributed by atoms with Crippen molar-refractivity contribution in [3.8, 4) is 0 Å². The van der Waals surface area contributed by atoms with Crippen molar-refractivity contribution >= 4 is 32.2 Å². The fourth-order valence-electron chi connectivity index (χ4n) is 7.77. The normalized spacial score (nSPS) is 24.8. The molecule has 0 aromatic heterocycles. The highest BCUT2D eigenvalue weighted by atomic mass is 32.3. The molecule has 6 nitrogen and oxygen atoms in total. The zero-order chi connectivity index (χ0) is 34.9. The molecule has 0 aliphatic heterocycles. The Bertz CT molecular complexity index is 1730. The SMILES string of the molecule is CC(C)(C)c1ccc(S(OS(=O)(=O)C(F)(F)C(=O)OC23CC4CC(C2)C(=O)C(C4)C3)(c2ccccc2)c2ccc(C(C)(C)C)cc2)cc1. The molecular weight excluding hydrogens is 655 g/mol. The number of benzene rings is 3. The highest BCUT2D eigenvalue weighted by Crippen LogP contribution is 2.71. The molecule has 0 heterocycles. The predicted octanol–water partition coefficient (Wildman–Crippen LogP) is 9.11. The van der Waals surface area contributed by atoms with Crippen LogP contribution in [-0.2, 0) is 38.9 Å². The van der Waals surface area contributed by atoms with Crippen LogP contribution in [0.4, 0.5) is 8.78 Å². The number of alkyl halides is 2. The number of ether oxygens (including phenoxy) is 1. The Hall–Kier alpha value is -3.08. The van der Waals surface area contributed by atoms with Gasteiger partial charge in [-0.05, 0) is 107 Å². The van der Waals surface area contributed by atoms with E-state index in [1.165, 1.54) is 0 Å². The molecular formula is C38H44F2O6S2. The Labute approximate surface area is 284 Å². The summed E-state index contributed by atoms with van der Waals surface area (Å²) in [5, 5.41) is -5.02. The molecule has 4 aliphatic carbocycles. The first-order chi connectivity index (χ1) is 22.3. The first-order valence-electron chi connectivity index (χ1n) is 16.5. The average Bonchev–Trinajstić information content (AvgIpc) is 3.01. The van der Waals surface area contributed by atoms with E-state index in [0.29, 0.717) is 33.9 Å². The lowest BCUT2D eigenvalue weighted by atomic mass is 9.53. The third-order valence-electron chi connectivity index (χ3n) is 10.2. The lowest BCUT2D eigenvalue weighted by Crippen LogP contribution is -2.58. The Kier molecular flexibility index (Phi) is 8.52. The summed E-state index contributed by atoms with van der Waals surface area (Å²) in [6, 6.07) is 22.7. The van der Waals surface area contributed by atoms with Gasteiger partial charge < -0.3 is 4.74 Å². The third-order valence-corrected chi connectivity index (χ3v) is 15.3. The molecule has 48 heavy (non-hydrogen) atoms. The molecule has 4 saturated carbocycles. The summed E-state index contributed by atoms with van der Waals surface area (Å²) in [4.78, 5) is 27.2. The molecule has 4 aliphatic rings. The number of ketones is 1. The van der Waals surface area contributed by atoms with Gasteiger partial charge in [-0.15, -0.1) is 0 Å². The molecule has 4 bridgehead atoms. The van der Waals surface area contributed by atoms with Gasteiger partial charge >= 0.3 is 21.3 Å². The van der Waals surface area contributed by atoms with Crippen molar-refractivity contribution in [2.75, 3.05) is 0 Å². The molecule has 2 atom stereocenters. The number of hydrogen-bond donors (Lipinski definition) is 0. The summed E-state index contributed by atoms with van der Waals surface area (Å²) >= 11 is 0. The molecule has 0 spiro atoms. The quantitative estimate of drug-likeness (QED) is 0.218. The molecule has 0 amide bonds. The van der Waals surface area contributed by atoms with E-state index in [1.54, 1.807) is 54.6 Å². The van der Waals surface area contributed by atoms with Gasteiger partial charge in [-0.25, -0.2) is 8.42 Å². The monoisotopic (exact) mass is 698 g/mol. The molecule has 0 radical (unpaired) electrons. The Morgan fingerprint density at radius 3 is 1.58 bits per heavy atom. The van der Waals surface area contributed by atoms with Crippen LogP contribution >= 0.6 is 10.3 Å². The fourth-order valence-corrected chi connectivity index (χ4v) is 12.8. The number of esters is 1. The molecule has 7 rings (SSSR count). The first kappa shape index (κ1) is 34.8. The van der Waals surface area contributed by atoms with Crippen LogP contribution in [0.15, 0.2) is 93.5 Å². The van der Waals surface area contributed by atoms with Gasteiger partial charge in [-0.2, -0.15) is 17.2 Å². The largest absolute Gasteiger partial charge is 0.466 e. The van der Waals surface area contributed by atoms with Crippen LogP contribution in [0, 0.1) is 17.8 Å². The minimum Gasteiger partial charge on any atom is -0.454 e. The number of Topliss-reactive ketones (excluding diaryl/α,β-unsaturated/α-hetero) is 1. The number of hydrogen-bond acceptors (Lipinski definition) is 6. The van der Waals surface area contributed by atoms with Crippen LogP contribution in [0.3, 0.4) is 0 Å². The third kappa shape index (κ3) is 6.02. The highest BCUT2D eigenvalue weighted by molar-refractivity contribution is 8.33. The molecule has 3 aromatic carbocycles. The van der Waals surface area contributed by atoms with Crippen molar-refractivity contribution in [1.82, 2.24) is 0 Å². The molecule has 0 N–H and O–H groups in total. The zero-order valence-corrected chi connectivity index (χ0v) is 29.9. The van der Waals surface area contributed by atoms with Crippen molar-refractivity contribution in [1.29, 1.82) is 0 Å². The standard InChI is InChI=1S/C38H44F2O6S2/c1-35(2,3)28-12-16-31(17-13-28)47(30-10-8-7-9-11-30,32-18-14-29(15-19-32)36(4,5)6)46-48(43,44)38(39,40)34(42)45-37-22-25-20-26(23-37)33(41)27(21-25)24-37/h7-19,25-27H,20-24H2,1-6H3. The zero-order valence-electron chi connectivity index (χ0n) is 28.3. The van der Waals surface area contributed by atoms with Gasteiger partial charge in [-0.3, -0.25) is 4.79 Å². The van der Waals surface area contributed by atoms with Gasteiger partial charge in [-0.1, -0.05) is 84.0 Å². The van der Waals surface area contributed by atoms with Crippen molar-refractivity contribution in [3.05, 3.63) is 90.0 Å². The summed E-state index contributed by atoms with van der Waals surface area (Å²) < 4.78 is 71.9. The van der Waals surface area contributed by atoms with E-state index >= 15 is 8.78 Å². The summed E-state index contributed by atoms with van der Waals surface area (Å²) in [7, 11) is -9.38. The number of carbonyl (C=O) groups is 2. The molecule has 4 fully saturated rings. The first-order valence-corrected chi connectivity index (χ1v) is 19.4. The molecule has 2 unspecified atom stereocenters. The van der Waals surface area contributed by atoms with Gasteiger partial charge in [0.25, 0.3) is 0 Å². The maximum Gasteiger partial charge on any atom is 0.466 e. The van der Waals surface area contributed by atoms with Crippen LogP contribution in [-0.4, -0.2) is 31.0 Å². The Morgan fingerprint density at radius 2 is 1.15 bits per heavy atom. The van der Waals surface area contributed by atoms with Gasteiger partial charge in [0, 0.05) is 26.5 Å². The second-order valence-corrected chi connectivity index (χ2v) is 20.3. The predicted molar refractivity (Wildman–Crippen MR) is 181 cm³/mol. The summed E-state index contributed by atoms with van der Waals surface area (Å²) in [5.41, 5.74) is 0.171. The second kappa shape index (κ2) is 11.8. The van der Waals surface area contributed by atoms with E-state index in [4.69, 9.17) is 8.37 Å². The van der Waals surface area contributed by atoms with Crippen molar-refractivity contribution < 1.29 is 35.2 Å². The fraction of sp³-hybridized carbons (Fsp3) is 0.474.